The molecule has 0 saturated carbocycles. The normalized spacial score (nSPS) is 10.6. The van der Waals surface area contributed by atoms with Gasteiger partial charge < -0.3 is 15.0 Å². The van der Waals surface area contributed by atoms with E-state index in [2.05, 4.69) is 10.1 Å². The van der Waals surface area contributed by atoms with E-state index >= 15 is 0 Å². The highest BCUT2D eigenvalue weighted by atomic mass is 16.5. The molecule has 2 heterocycles. The van der Waals surface area contributed by atoms with Gasteiger partial charge in [-0.1, -0.05) is 29.4 Å². The van der Waals surface area contributed by atoms with Crippen LogP contribution in [-0.2, 0) is 0 Å². The van der Waals surface area contributed by atoms with Crippen LogP contribution >= 0.6 is 0 Å². The Morgan fingerprint density at radius 1 is 1.14 bits per heavy atom. The quantitative estimate of drug-likeness (QED) is 0.797. The molecular formula is C16H15N3O2. The van der Waals surface area contributed by atoms with Crippen molar-refractivity contribution in [1.29, 1.82) is 0 Å². The zero-order chi connectivity index (χ0) is 14.8. The number of ether oxygens (including phenoxy) is 1. The van der Waals surface area contributed by atoms with E-state index < -0.39 is 0 Å². The van der Waals surface area contributed by atoms with E-state index in [-0.39, 0.29) is 0 Å². The summed E-state index contributed by atoms with van der Waals surface area (Å²) in [5.41, 5.74) is 9.65. The first-order valence-electron chi connectivity index (χ1n) is 6.52. The number of hydrogen-bond donors (Lipinski definition) is 1. The first kappa shape index (κ1) is 13.2. The third-order valence-corrected chi connectivity index (χ3v) is 3.38. The van der Waals surface area contributed by atoms with Gasteiger partial charge in [-0.25, -0.2) is 0 Å². The van der Waals surface area contributed by atoms with Crippen molar-refractivity contribution in [2.45, 2.75) is 6.92 Å². The molecule has 5 nitrogen and oxygen atoms in total. The maximum atomic E-state index is 6.01. The predicted octanol–water partition coefficient (Wildman–Crippen LogP) is 3.30. The Morgan fingerprint density at radius 2 is 1.95 bits per heavy atom. The summed E-state index contributed by atoms with van der Waals surface area (Å²) in [5.74, 6) is 1.56. The summed E-state index contributed by atoms with van der Waals surface area (Å²) in [4.78, 5) is 4.05. The Labute approximate surface area is 122 Å². The number of nitrogens with zero attached hydrogens (tertiary/aromatic N) is 2. The monoisotopic (exact) mass is 281 g/mol. The van der Waals surface area contributed by atoms with Gasteiger partial charge in [0.15, 0.2) is 11.6 Å². The van der Waals surface area contributed by atoms with Gasteiger partial charge in [0.1, 0.15) is 5.75 Å². The van der Waals surface area contributed by atoms with Crippen LogP contribution in [0.4, 0.5) is 5.82 Å². The second kappa shape index (κ2) is 5.28. The molecule has 0 aliphatic carbocycles. The molecule has 0 aliphatic rings. The summed E-state index contributed by atoms with van der Waals surface area (Å²) in [6.45, 7) is 2.02. The first-order chi connectivity index (χ1) is 10.2. The van der Waals surface area contributed by atoms with Gasteiger partial charge in [-0.15, -0.1) is 0 Å². The molecular weight excluding hydrogens is 266 g/mol. The third kappa shape index (κ3) is 2.23. The van der Waals surface area contributed by atoms with E-state index in [1.807, 2.05) is 37.3 Å². The molecule has 0 spiro atoms. The van der Waals surface area contributed by atoms with E-state index in [0.29, 0.717) is 17.3 Å². The van der Waals surface area contributed by atoms with Crippen LogP contribution in [0.25, 0.3) is 22.5 Å². The number of nitrogens with two attached hydrogens (primary N) is 1. The minimum atomic E-state index is 0.359. The minimum absolute atomic E-state index is 0.359. The van der Waals surface area contributed by atoms with E-state index in [1.54, 1.807) is 19.5 Å². The summed E-state index contributed by atoms with van der Waals surface area (Å²) in [6.07, 6.45) is 3.31. The maximum Gasteiger partial charge on any atom is 0.180 e. The average Bonchev–Trinajstić information content (AvgIpc) is 2.89. The summed E-state index contributed by atoms with van der Waals surface area (Å²) in [5, 5.41) is 3.91. The van der Waals surface area contributed by atoms with Crippen LogP contribution in [0.5, 0.6) is 5.75 Å². The zero-order valence-electron chi connectivity index (χ0n) is 11.8. The molecule has 106 valence electrons. The van der Waals surface area contributed by atoms with Crippen LogP contribution in [-0.4, -0.2) is 17.3 Å². The molecule has 2 aromatic heterocycles. The first-order valence-corrected chi connectivity index (χ1v) is 6.52. The molecule has 0 unspecified atom stereocenters. The fourth-order valence-electron chi connectivity index (χ4n) is 2.33. The number of rotatable bonds is 3. The lowest BCUT2D eigenvalue weighted by Gasteiger charge is -2.08. The van der Waals surface area contributed by atoms with Crippen LogP contribution in [0, 0.1) is 6.92 Å². The highest BCUT2D eigenvalue weighted by Gasteiger charge is 2.21. The van der Waals surface area contributed by atoms with Crippen molar-refractivity contribution in [3.63, 3.8) is 0 Å². The molecule has 2 N–H and O–H groups in total. The molecule has 0 atom stereocenters. The molecule has 21 heavy (non-hydrogen) atoms. The third-order valence-electron chi connectivity index (χ3n) is 3.38. The smallest absolute Gasteiger partial charge is 0.180 e. The van der Waals surface area contributed by atoms with Crippen LogP contribution < -0.4 is 10.5 Å². The zero-order valence-corrected chi connectivity index (χ0v) is 11.8. The average molecular weight is 281 g/mol. The lowest BCUT2D eigenvalue weighted by Crippen LogP contribution is -1.93. The number of anilines is 1. The van der Waals surface area contributed by atoms with Crippen molar-refractivity contribution >= 4 is 5.82 Å². The topological polar surface area (TPSA) is 74.2 Å². The second-order valence-corrected chi connectivity index (χ2v) is 4.66. The number of benzene rings is 1. The molecule has 0 bridgehead atoms. The number of nitrogen functional groups attached to an aromatic ring is 1. The Morgan fingerprint density at radius 3 is 2.71 bits per heavy atom. The van der Waals surface area contributed by atoms with Crippen molar-refractivity contribution in [3.8, 4) is 28.2 Å². The number of hydrogen-bond acceptors (Lipinski definition) is 5. The van der Waals surface area contributed by atoms with Gasteiger partial charge in [0.25, 0.3) is 0 Å². The van der Waals surface area contributed by atoms with E-state index in [1.165, 1.54) is 0 Å². The van der Waals surface area contributed by atoms with E-state index in [4.69, 9.17) is 15.0 Å². The highest BCUT2D eigenvalue weighted by Crippen LogP contribution is 2.40. The van der Waals surface area contributed by atoms with Gasteiger partial charge in [-0.2, -0.15) is 0 Å². The number of pyridine rings is 1. The Kier molecular flexibility index (Phi) is 3.31. The standard InChI is InChI=1S/C16H15N3O2/c1-10-5-3-4-6-11(10)14-15(21-19-16(14)17)12-7-8-18-9-13(12)20-2/h3-9H,1-2H3,(H2,17,19). The molecule has 5 heteroatoms. The van der Waals surface area contributed by atoms with Crippen molar-refractivity contribution in [1.82, 2.24) is 10.1 Å². The molecule has 0 aliphatic heterocycles. The second-order valence-electron chi connectivity index (χ2n) is 4.66. The highest BCUT2D eigenvalue weighted by molar-refractivity contribution is 5.89. The van der Waals surface area contributed by atoms with Gasteiger partial charge in [-0.05, 0) is 24.1 Å². The van der Waals surface area contributed by atoms with Gasteiger partial charge in [0, 0.05) is 6.20 Å². The Bertz CT molecular complexity index is 781. The summed E-state index contributed by atoms with van der Waals surface area (Å²) in [7, 11) is 1.59. The molecule has 0 saturated heterocycles. The SMILES string of the molecule is COc1cnccc1-c1onc(N)c1-c1ccccc1C. The number of aryl methyl sites for hydroxylation is 1. The van der Waals surface area contributed by atoms with Gasteiger partial charge >= 0.3 is 0 Å². The van der Waals surface area contributed by atoms with Crippen molar-refractivity contribution < 1.29 is 9.26 Å². The molecule has 1 aromatic carbocycles. The van der Waals surface area contributed by atoms with Crippen molar-refractivity contribution in [2.24, 2.45) is 0 Å². The molecule has 0 amide bonds. The van der Waals surface area contributed by atoms with Gasteiger partial charge in [-0.3, -0.25) is 4.98 Å². The van der Waals surface area contributed by atoms with Gasteiger partial charge in [0.05, 0.1) is 24.4 Å². The Hall–Kier alpha value is -2.82. The largest absolute Gasteiger partial charge is 0.494 e. The molecule has 3 rings (SSSR count). The minimum Gasteiger partial charge on any atom is -0.494 e. The van der Waals surface area contributed by atoms with Crippen molar-refractivity contribution in [2.75, 3.05) is 12.8 Å². The van der Waals surface area contributed by atoms with E-state index in [0.717, 1.165) is 22.3 Å². The predicted molar refractivity (Wildman–Crippen MR) is 80.9 cm³/mol. The number of aromatic nitrogens is 2. The van der Waals surface area contributed by atoms with E-state index in [9.17, 15) is 0 Å². The molecule has 3 aromatic rings. The van der Waals surface area contributed by atoms with Crippen LogP contribution in [0.1, 0.15) is 5.56 Å². The number of methoxy groups -OCH3 is 1. The Balaban J connectivity index is 2.25. The lowest BCUT2D eigenvalue weighted by atomic mass is 9.98. The fourth-order valence-corrected chi connectivity index (χ4v) is 2.33. The molecule has 0 radical (unpaired) electrons. The molecule has 0 fully saturated rings. The van der Waals surface area contributed by atoms with Crippen molar-refractivity contribution in [3.05, 3.63) is 48.3 Å². The summed E-state index contributed by atoms with van der Waals surface area (Å²) < 4.78 is 10.8. The fraction of sp³-hybridized carbons (Fsp3) is 0.125. The maximum absolute atomic E-state index is 6.01. The van der Waals surface area contributed by atoms with Crippen LogP contribution in [0.15, 0.2) is 47.2 Å². The van der Waals surface area contributed by atoms with Gasteiger partial charge in [0.2, 0.25) is 0 Å². The summed E-state index contributed by atoms with van der Waals surface area (Å²) >= 11 is 0. The van der Waals surface area contributed by atoms with Crippen LogP contribution in [0.3, 0.4) is 0 Å². The van der Waals surface area contributed by atoms with Crippen LogP contribution in [0.2, 0.25) is 0 Å². The summed E-state index contributed by atoms with van der Waals surface area (Å²) in [6, 6.07) is 9.78. The lowest BCUT2D eigenvalue weighted by molar-refractivity contribution is 0.405.